The molecule has 0 spiro atoms. The molecule has 0 aliphatic carbocycles. The van der Waals surface area contributed by atoms with E-state index in [0.717, 1.165) is 52.6 Å². The van der Waals surface area contributed by atoms with Crippen molar-refractivity contribution in [3.63, 3.8) is 0 Å². The van der Waals surface area contributed by atoms with E-state index in [-0.39, 0.29) is 0 Å². The van der Waals surface area contributed by atoms with Gasteiger partial charge in [-0.05, 0) is 33.6 Å². The predicted molar refractivity (Wildman–Crippen MR) is 113 cm³/mol. The Balaban J connectivity index is 2.11. The van der Waals surface area contributed by atoms with Crippen LogP contribution in [0.25, 0.3) is 11.7 Å². The molecule has 0 bridgehead atoms. The van der Waals surface area contributed by atoms with Crippen LogP contribution in [0.15, 0.2) is 24.4 Å². The second-order valence-corrected chi connectivity index (χ2v) is 7.51. The number of pyridine rings is 1. The molecule has 0 saturated carbocycles. The molecule has 0 N–H and O–H groups in total. The van der Waals surface area contributed by atoms with E-state index in [2.05, 4.69) is 46.0 Å². The molecule has 3 aromatic heterocycles. The molecule has 1 aliphatic rings. The van der Waals surface area contributed by atoms with E-state index < -0.39 is 0 Å². The van der Waals surface area contributed by atoms with Crippen LogP contribution in [-0.4, -0.2) is 32.7 Å². The maximum Gasteiger partial charge on any atom is 0.250 e. The number of aryl methyl sites for hydroxylation is 3. The molecular weight excluding hydrogens is 350 g/mol. The van der Waals surface area contributed by atoms with Crippen molar-refractivity contribution >= 4 is 23.2 Å². The zero-order valence-electron chi connectivity index (χ0n) is 17.5. The second-order valence-electron chi connectivity index (χ2n) is 7.51. The summed E-state index contributed by atoms with van der Waals surface area (Å²) in [5, 5.41) is 4.81. The molecule has 0 aromatic carbocycles. The SMILES string of the molecule is CCC(CC)[N+]1(c2ccc(OC)nc2C)C=Cc2c(C)nc3cc(C)nn3c21. The number of hydrogen-bond donors (Lipinski definition) is 0. The number of ether oxygens (including phenoxy) is 1. The minimum absolute atomic E-state index is 0.362. The summed E-state index contributed by atoms with van der Waals surface area (Å²) < 4.78 is 7.99. The van der Waals surface area contributed by atoms with Crippen LogP contribution in [0.5, 0.6) is 5.88 Å². The third-order valence-electron chi connectivity index (χ3n) is 5.91. The number of hydrogen-bond acceptors (Lipinski definition) is 4. The lowest BCUT2D eigenvalue weighted by Gasteiger charge is -2.39. The van der Waals surface area contributed by atoms with Gasteiger partial charge in [0.1, 0.15) is 17.9 Å². The summed E-state index contributed by atoms with van der Waals surface area (Å²) in [6, 6.07) is 6.51. The molecule has 0 saturated heterocycles. The predicted octanol–water partition coefficient (Wildman–Crippen LogP) is 4.87. The monoisotopic (exact) mass is 378 g/mol. The molecule has 3 aromatic rings. The maximum absolute atomic E-state index is 5.36. The molecular formula is C22H28N5O+. The summed E-state index contributed by atoms with van der Waals surface area (Å²) in [6.07, 6.45) is 6.57. The topological polar surface area (TPSA) is 52.3 Å². The Morgan fingerprint density at radius 2 is 1.82 bits per heavy atom. The van der Waals surface area contributed by atoms with E-state index >= 15 is 0 Å². The highest BCUT2D eigenvalue weighted by atomic mass is 16.5. The first kappa shape index (κ1) is 18.6. The smallest absolute Gasteiger partial charge is 0.250 e. The van der Waals surface area contributed by atoms with E-state index in [1.807, 2.05) is 23.6 Å². The van der Waals surface area contributed by atoms with Gasteiger partial charge in [-0.2, -0.15) is 9.61 Å². The Bertz CT molecular complexity index is 1080. The zero-order chi connectivity index (χ0) is 20.1. The van der Waals surface area contributed by atoms with Crippen LogP contribution < -0.4 is 9.22 Å². The highest BCUT2D eigenvalue weighted by Gasteiger charge is 2.47. The number of methoxy groups -OCH3 is 1. The van der Waals surface area contributed by atoms with Crippen molar-refractivity contribution in [1.29, 1.82) is 0 Å². The summed E-state index contributed by atoms with van der Waals surface area (Å²) >= 11 is 0. The van der Waals surface area contributed by atoms with Crippen molar-refractivity contribution in [2.75, 3.05) is 7.11 Å². The van der Waals surface area contributed by atoms with Crippen molar-refractivity contribution in [2.24, 2.45) is 0 Å². The van der Waals surface area contributed by atoms with Gasteiger partial charge in [0.05, 0.1) is 24.1 Å². The van der Waals surface area contributed by atoms with Gasteiger partial charge in [0, 0.05) is 24.3 Å². The van der Waals surface area contributed by atoms with E-state index in [1.54, 1.807) is 7.11 Å². The van der Waals surface area contributed by atoms with Gasteiger partial charge in [-0.25, -0.2) is 14.5 Å². The minimum atomic E-state index is 0.362. The van der Waals surface area contributed by atoms with Crippen molar-refractivity contribution in [1.82, 2.24) is 24.1 Å². The Hall–Kier alpha value is -2.73. The van der Waals surface area contributed by atoms with Crippen molar-refractivity contribution < 1.29 is 4.74 Å². The Morgan fingerprint density at radius 1 is 1.07 bits per heavy atom. The van der Waals surface area contributed by atoms with Crippen LogP contribution in [0.3, 0.4) is 0 Å². The minimum Gasteiger partial charge on any atom is -0.481 e. The molecule has 1 unspecified atom stereocenters. The fraction of sp³-hybridized carbons (Fsp3) is 0.409. The third kappa shape index (κ3) is 2.48. The molecule has 4 rings (SSSR count). The molecule has 6 heteroatoms. The van der Waals surface area contributed by atoms with Gasteiger partial charge in [0.15, 0.2) is 11.3 Å². The van der Waals surface area contributed by atoms with Crippen LogP contribution >= 0.6 is 0 Å². The number of rotatable bonds is 5. The van der Waals surface area contributed by atoms with Crippen molar-refractivity contribution in [2.45, 2.75) is 53.5 Å². The first-order chi connectivity index (χ1) is 13.5. The van der Waals surface area contributed by atoms with Gasteiger partial charge in [0.2, 0.25) is 11.7 Å². The first-order valence-corrected chi connectivity index (χ1v) is 9.93. The molecule has 0 amide bonds. The molecule has 0 radical (unpaired) electrons. The maximum atomic E-state index is 5.36. The summed E-state index contributed by atoms with van der Waals surface area (Å²) in [5.41, 5.74) is 6.17. The van der Waals surface area contributed by atoms with Gasteiger partial charge in [-0.3, -0.25) is 0 Å². The molecule has 0 fully saturated rings. The number of aromatic nitrogens is 4. The van der Waals surface area contributed by atoms with E-state index in [1.165, 1.54) is 0 Å². The quantitative estimate of drug-likeness (QED) is 0.594. The van der Waals surface area contributed by atoms with Crippen LogP contribution in [0.4, 0.5) is 11.5 Å². The van der Waals surface area contributed by atoms with Crippen LogP contribution in [0.2, 0.25) is 0 Å². The highest BCUT2D eigenvalue weighted by Crippen LogP contribution is 2.48. The lowest BCUT2D eigenvalue weighted by atomic mass is 10.0. The van der Waals surface area contributed by atoms with Crippen molar-refractivity contribution in [3.8, 4) is 5.88 Å². The Labute approximate surface area is 166 Å². The summed E-state index contributed by atoms with van der Waals surface area (Å²) in [5.74, 6) is 1.79. The Morgan fingerprint density at radius 3 is 2.46 bits per heavy atom. The number of fused-ring (bicyclic) bond motifs is 3. The number of quaternary nitrogens is 1. The second kappa shape index (κ2) is 6.71. The van der Waals surface area contributed by atoms with Gasteiger partial charge >= 0.3 is 0 Å². The molecule has 1 aliphatic heterocycles. The van der Waals surface area contributed by atoms with E-state index in [9.17, 15) is 0 Å². The Kier molecular flexibility index (Phi) is 4.46. The van der Waals surface area contributed by atoms with Crippen molar-refractivity contribution in [3.05, 3.63) is 47.0 Å². The number of nitrogens with zero attached hydrogens (tertiary/aromatic N) is 5. The summed E-state index contributed by atoms with van der Waals surface area (Å²) in [6.45, 7) is 10.7. The van der Waals surface area contributed by atoms with Gasteiger partial charge in [-0.15, -0.1) is 0 Å². The lowest BCUT2D eigenvalue weighted by molar-refractivity contribution is 0.339. The molecule has 6 nitrogen and oxygen atoms in total. The first-order valence-electron chi connectivity index (χ1n) is 9.93. The fourth-order valence-electron chi connectivity index (χ4n) is 4.63. The van der Waals surface area contributed by atoms with Crippen LogP contribution in [0.1, 0.15) is 49.3 Å². The zero-order valence-corrected chi connectivity index (χ0v) is 17.5. The highest BCUT2D eigenvalue weighted by molar-refractivity contribution is 5.80. The normalized spacial score (nSPS) is 18.2. The molecule has 1 atom stereocenters. The van der Waals surface area contributed by atoms with Gasteiger partial charge in [0.25, 0.3) is 0 Å². The average Bonchev–Trinajstić information content (AvgIpc) is 3.24. The van der Waals surface area contributed by atoms with Gasteiger partial charge < -0.3 is 4.74 Å². The van der Waals surface area contributed by atoms with E-state index in [0.29, 0.717) is 16.4 Å². The average molecular weight is 379 g/mol. The summed E-state index contributed by atoms with van der Waals surface area (Å²) in [7, 11) is 1.66. The molecule has 28 heavy (non-hydrogen) atoms. The largest absolute Gasteiger partial charge is 0.481 e. The van der Waals surface area contributed by atoms with Crippen LogP contribution in [0, 0.1) is 20.8 Å². The van der Waals surface area contributed by atoms with Crippen LogP contribution in [-0.2, 0) is 0 Å². The lowest BCUT2D eigenvalue weighted by Crippen LogP contribution is -2.48. The molecule has 4 heterocycles. The standard InChI is InChI=1S/C22H28N5O/c1-7-17(8-2)27(19-9-10-21(28-6)24-16(19)5)12-11-18-15(4)23-20-13-14(3)25-26(20)22(18)27/h9-13,17H,7-8H2,1-6H3/q+1. The third-order valence-corrected chi connectivity index (χ3v) is 5.91. The summed E-state index contributed by atoms with van der Waals surface area (Å²) in [4.78, 5) is 9.49. The molecule has 146 valence electrons. The van der Waals surface area contributed by atoms with Gasteiger partial charge in [-0.1, -0.05) is 13.8 Å². The fourth-order valence-corrected chi connectivity index (χ4v) is 4.63. The van der Waals surface area contributed by atoms with E-state index in [4.69, 9.17) is 19.8 Å².